The van der Waals surface area contributed by atoms with Gasteiger partial charge < -0.3 is 9.30 Å². The van der Waals surface area contributed by atoms with Crippen LogP contribution >= 0.6 is 0 Å². The number of rotatable bonds is 5. The van der Waals surface area contributed by atoms with Crippen molar-refractivity contribution in [1.82, 2.24) is 19.3 Å². The van der Waals surface area contributed by atoms with Gasteiger partial charge in [0.25, 0.3) is 0 Å². The quantitative estimate of drug-likeness (QED) is 0.162. The van der Waals surface area contributed by atoms with E-state index in [1.807, 2.05) is 90.2 Å². The molecule has 3 aromatic heterocycles. The predicted molar refractivity (Wildman–Crippen MR) is 201 cm³/mol. The maximum absolute atomic E-state index is 15.5. The Kier molecular flexibility index (Phi) is 9.78. The smallest absolute Gasteiger partial charge is 0.509 e. The van der Waals surface area contributed by atoms with Crippen LogP contribution in [-0.2, 0) is 37.3 Å². The van der Waals surface area contributed by atoms with E-state index in [1.165, 1.54) is 0 Å². The van der Waals surface area contributed by atoms with Gasteiger partial charge in [-0.1, -0.05) is 86.0 Å². The van der Waals surface area contributed by atoms with Gasteiger partial charge >= 0.3 is 21.1 Å². The molecule has 0 atom stereocenters. The Hall–Kier alpha value is -4.68. The molecule has 0 fully saturated rings. The molecule has 274 valence electrons. The molecule has 0 aliphatic carbocycles. The third-order valence-corrected chi connectivity index (χ3v) is 9.16. The normalized spacial score (nSPS) is 12.4. The van der Waals surface area contributed by atoms with Crippen LogP contribution in [0.3, 0.4) is 0 Å². The molecular weight excluding hydrogens is 853 g/mol. The Labute approximate surface area is 323 Å². The van der Waals surface area contributed by atoms with Gasteiger partial charge in [-0.25, -0.2) is 18.2 Å². The van der Waals surface area contributed by atoms with Gasteiger partial charge in [-0.2, -0.15) is 17.2 Å². The molecule has 7 rings (SSSR count). The molecule has 0 aliphatic rings. The summed E-state index contributed by atoms with van der Waals surface area (Å²) in [5, 5.41) is 7.05. The number of fused-ring (bicyclic) bond motifs is 3. The zero-order valence-corrected chi connectivity index (χ0v) is 33.5. The fourth-order valence-corrected chi connectivity index (χ4v) is 6.74. The number of hydrogen-bond donors (Lipinski definition) is 0. The summed E-state index contributed by atoms with van der Waals surface area (Å²) in [6, 6.07) is 30.0. The molecule has 53 heavy (non-hydrogen) atoms. The maximum Gasteiger partial charge on any atom is 2.00 e. The summed E-state index contributed by atoms with van der Waals surface area (Å²) in [7, 11) is 0. The molecule has 0 unspecified atom stereocenters. The van der Waals surface area contributed by atoms with E-state index in [4.69, 9.17) is 14.8 Å². The van der Waals surface area contributed by atoms with Crippen molar-refractivity contribution in [2.75, 3.05) is 0 Å². The molecule has 0 aliphatic heterocycles. The van der Waals surface area contributed by atoms with Crippen molar-refractivity contribution in [3.8, 4) is 34.1 Å². The second-order valence-electron chi connectivity index (χ2n) is 16.3. The van der Waals surface area contributed by atoms with Crippen molar-refractivity contribution >= 4 is 21.8 Å². The monoisotopic (exact) mass is 893 g/mol. The molecule has 4 aromatic carbocycles. The summed E-state index contributed by atoms with van der Waals surface area (Å²) in [5.74, 6) is -1.30. The summed E-state index contributed by atoms with van der Waals surface area (Å²) >= 11 is 0. The van der Waals surface area contributed by atoms with Gasteiger partial charge in [0.1, 0.15) is 23.3 Å². The SMILES string of the molecule is CC(C)(C)c1ccnc(-n2c3[c-]c(Oc4[c-]c(-n5nc(C(C)(C)C)c(-c6c(F)cc(F)cc6F)c5C(C)(C)C)ccc4)ccc3c3ccccc32)c1.[Pt+2]. The number of nitrogens with zero attached hydrogens (tertiary/aromatic N) is 4. The number of hydrogen-bond acceptors (Lipinski definition) is 3. The molecule has 7 aromatic rings. The topological polar surface area (TPSA) is 44.9 Å². The summed E-state index contributed by atoms with van der Waals surface area (Å²) in [6.45, 7) is 18.2. The van der Waals surface area contributed by atoms with Gasteiger partial charge in [-0.05, 0) is 40.3 Å². The number of benzene rings is 4. The standard InChI is InChI=1S/C44H41F3N4O.Pt/c1-42(2,3)26-19-20-48-37(21-26)50-35-16-11-10-15-31(35)32-18-17-30(25-36(32)50)52-29-14-12-13-28(24-29)51-41(44(7,8)9)39(40(49-51)43(4,5)6)38-33(46)22-27(45)23-34(38)47;/h10-23H,1-9H3;/q-2;+2. The summed E-state index contributed by atoms with van der Waals surface area (Å²) in [4.78, 5) is 4.77. The minimum Gasteiger partial charge on any atom is -0.509 e. The van der Waals surface area contributed by atoms with Crippen LogP contribution in [0.5, 0.6) is 11.5 Å². The Bertz CT molecular complexity index is 2470. The zero-order chi connectivity index (χ0) is 37.3. The van der Waals surface area contributed by atoms with Gasteiger partial charge in [-0.3, -0.25) is 4.68 Å². The van der Waals surface area contributed by atoms with Gasteiger partial charge in [0.15, 0.2) is 0 Å². The largest absolute Gasteiger partial charge is 2.00 e. The van der Waals surface area contributed by atoms with Crippen molar-refractivity contribution < 1.29 is 39.0 Å². The molecule has 0 saturated carbocycles. The minimum atomic E-state index is -0.988. The van der Waals surface area contributed by atoms with Crippen LogP contribution in [-0.4, -0.2) is 19.3 Å². The number of ether oxygens (including phenoxy) is 1. The van der Waals surface area contributed by atoms with Crippen molar-refractivity contribution in [2.45, 2.75) is 78.6 Å². The molecule has 9 heteroatoms. The van der Waals surface area contributed by atoms with Crippen LogP contribution in [0, 0.1) is 29.6 Å². The van der Waals surface area contributed by atoms with E-state index < -0.39 is 28.3 Å². The van der Waals surface area contributed by atoms with Gasteiger partial charge in [-0.15, -0.1) is 35.7 Å². The van der Waals surface area contributed by atoms with E-state index in [0.717, 1.165) is 33.2 Å². The predicted octanol–water partition coefficient (Wildman–Crippen LogP) is 11.7. The molecule has 0 radical (unpaired) electrons. The molecule has 0 N–H and O–H groups in total. The van der Waals surface area contributed by atoms with E-state index in [2.05, 4.69) is 55.7 Å². The van der Waals surface area contributed by atoms with Crippen LogP contribution in [0.1, 0.15) is 79.3 Å². The third kappa shape index (κ3) is 7.06. The number of aromatic nitrogens is 4. The first-order valence-electron chi connectivity index (χ1n) is 17.3. The fraction of sp³-hybridized carbons (Fsp3) is 0.273. The zero-order valence-electron chi connectivity index (χ0n) is 31.2. The van der Waals surface area contributed by atoms with E-state index >= 15 is 8.78 Å². The first-order chi connectivity index (χ1) is 24.4. The molecule has 0 amide bonds. The van der Waals surface area contributed by atoms with Gasteiger partial charge in [0.2, 0.25) is 0 Å². The second-order valence-corrected chi connectivity index (χ2v) is 16.3. The van der Waals surface area contributed by atoms with Crippen LogP contribution in [0.4, 0.5) is 13.2 Å². The molecule has 5 nitrogen and oxygen atoms in total. The Morgan fingerprint density at radius 2 is 1.34 bits per heavy atom. The van der Waals surface area contributed by atoms with E-state index in [-0.39, 0.29) is 32.0 Å². The van der Waals surface area contributed by atoms with Crippen molar-refractivity contribution in [2.24, 2.45) is 0 Å². The summed E-state index contributed by atoms with van der Waals surface area (Å²) in [5.41, 5.74) is 3.19. The first-order valence-corrected chi connectivity index (χ1v) is 17.3. The second kappa shape index (κ2) is 13.6. The first kappa shape index (κ1) is 38.1. The molecule has 3 heterocycles. The van der Waals surface area contributed by atoms with Crippen LogP contribution < -0.4 is 4.74 Å². The average molecular weight is 894 g/mol. The van der Waals surface area contributed by atoms with E-state index in [0.29, 0.717) is 46.3 Å². The molecule has 0 bridgehead atoms. The van der Waals surface area contributed by atoms with Crippen molar-refractivity contribution in [1.29, 1.82) is 0 Å². The van der Waals surface area contributed by atoms with Crippen molar-refractivity contribution in [3.63, 3.8) is 0 Å². The van der Waals surface area contributed by atoms with E-state index in [1.54, 1.807) is 10.7 Å². The molecule has 0 spiro atoms. The van der Waals surface area contributed by atoms with E-state index in [9.17, 15) is 4.39 Å². The average Bonchev–Trinajstić information content (AvgIpc) is 3.61. The van der Waals surface area contributed by atoms with Crippen LogP contribution in [0.15, 0.2) is 85.1 Å². The Morgan fingerprint density at radius 1 is 0.660 bits per heavy atom. The summed E-state index contributed by atoms with van der Waals surface area (Å²) < 4.78 is 55.2. The molecular formula is C44H41F3N4OPt. The number of para-hydroxylation sites is 1. The maximum atomic E-state index is 15.5. The van der Waals surface area contributed by atoms with Crippen LogP contribution in [0.25, 0.3) is 44.4 Å². The fourth-order valence-electron chi connectivity index (χ4n) is 6.74. The molecule has 0 saturated heterocycles. The Morgan fingerprint density at radius 3 is 2.00 bits per heavy atom. The van der Waals surface area contributed by atoms with Gasteiger partial charge in [0, 0.05) is 51.7 Å². The number of pyridine rings is 1. The minimum absolute atomic E-state index is 0. The Balaban J connectivity index is 0.00000481. The third-order valence-electron chi connectivity index (χ3n) is 9.16. The van der Waals surface area contributed by atoms with Crippen LogP contribution in [0.2, 0.25) is 0 Å². The number of halogens is 3. The summed E-state index contributed by atoms with van der Waals surface area (Å²) in [6.07, 6.45) is 1.84. The van der Waals surface area contributed by atoms with Crippen molar-refractivity contribution in [3.05, 3.63) is 132 Å². The van der Waals surface area contributed by atoms with Gasteiger partial charge in [0.05, 0.1) is 17.0 Å².